The number of carbonyl (C=O) groups is 3. The molecule has 12 heteroatoms. The third-order valence-electron chi connectivity index (χ3n) is 11.4. The summed E-state index contributed by atoms with van der Waals surface area (Å²) in [5.74, 6) is -2.38. The van der Waals surface area contributed by atoms with Crippen LogP contribution in [0.2, 0.25) is 0 Å². The van der Waals surface area contributed by atoms with Gasteiger partial charge in [0, 0.05) is 12.8 Å². The number of phosphoric ester groups is 1. The first-order chi connectivity index (χ1) is 31.1. The van der Waals surface area contributed by atoms with Crippen LogP contribution in [0, 0.1) is 0 Å². The highest BCUT2D eigenvalue weighted by Crippen LogP contribution is 2.43. The molecule has 0 spiro atoms. The van der Waals surface area contributed by atoms with Gasteiger partial charge in [0.25, 0.3) is 0 Å². The Morgan fingerprint density at radius 3 is 1.27 bits per heavy atom. The molecule has 0 aromatic rings. The topological polar surface area (TPSA) is 172 Å². The number of hydrogen-bond donors (Lipinski definition) is 3. The van der Waals surface area contributed by atoms with E-state index in [1.165, 1.54) is 135 Å². The van der Waals surface area contributed by atoms with E-state index in [1.54, 1.807) is 0 Å². The van der Waals surface area contributed by atoms with Crippen molar-refractivity contribution in [1.29, 1.82) is 0 Å². The number of carboxylic acid groups (broad SMARTS) is 1. The van der Waals surface area contributed by atoms with Crippen LogP contribution in [0.5, 0.6) is 0 Å². The highest BCUT2D eigenvalue weighted by molar-refractivity contribution is 7.47. The lowest BCUT2D eigenvalue weighted by molar-refractivity contribution is -0.161. The molecule has 3 unspecified atom stereocenters. The average Bonchev–Trinajstić information content (AvgIpc) is 3.27. The molecule has 0 amide bonds. The van der Waals surface area contributed by atoms with Crippen LogP contribution in [-0.4, -0.2) is 59.9 Å². The number of carbonyl (C=O) groups excluding carboxylic acids is 2. The van der Waals surface area contributed by atoms with Crippen molar-refractivity contribution >= 4 is 25.7 Å². The number of rotatable bonds is 49. The van der Waals surface area contributed by atoms with Crippen molar-refractivity contribution in [2.24, 2.45) is 5.73 Å². The first-order valence-electron chi connectivity index (χ1n) is 26.0. The van der Waals surface area contributed by atoms with Gasteiger partial charge in [0.15, 0.2) is 6.10 Å². The Bertz CT molecular complexity index is 1220. The number of carboxylic acids is 1. The van der Waals surface area contributed by atoms with Gasteiger partial charge >= 0.3 is 25.7 Å². The molecule has 0 aliphatic rings. The minimum Gasteiger partial charge on any atom is -0.480 e. The predicted octanol–water partition coefficient (Wildman–Crippen LogP) is 14.7. The van der Waals surface area contributed by atoms with Gasteiger partial charge in [0.05, 0.1) is 13.2 Å². The van der Waals surface area contributed by atoms with Gasteiger partial charge in [0.2, 0.25) is 0 Å². The predicted molar refractivity (Wildman–Crippen MR) is 263 cm³/mol. The van der Waals surface area contributed by atoms with Crippen LogP contribution in [0.1, 0.15) is 245 Å². The molecular weight excluding hydrogens is 830 g/mol. The van der Waals surface area contributed by atoms with E-state index in [1.807, 2.05) is 0 Å². The van der Waals surface area contributed by atoms with Gasteiger partial charge in [-0.2, -0.15) is 0 Å². The van der Waals surface area contributed by atoms with Crippen LogP contribution in [0.4, 0.5) is 0 Å². The molecule has 0 heterocycles. The number of unbranched alkanes of at least 4 members (excludes halogenated alkanes) is 29. The van der Waals surface area contributed by atoms with E-state index >= 15 is 0 Å². The number of aliphatic carboxylic acids is 1. The maximum atomic E-state index is 12.7. The third-order valence-corrected chi connectivity index (χ3v) is 12.3. The maximum Gasteiger partial charge on any atom is 0.472 e. The number of phosphoric acid groups is 1. The van der Waals surface area contributed by atoms with Gasteiger partial charge in [0.1, 0.15) is 12.6 Å². The van der Waals surface area contributed by atoms with Crippen LogP contribution < -0.4 is 5.73 Å². The largest absolute Gasteiger partial charge is 0.480 e. The summed E-state index contributed by atoms with van der Waals surface area (Å²) in [7, 11) is -4.72. The van der Waals surface area contributed by atoms with Gasteiger partial charge in [-0.15, -0.1) is 0 Å². The van der Waals surface area contributed by atoms with Crippen LogP contribution in [0.3, 0.4) is 0 Å². The monoisotopic (exact) mass is 926 g/mol. The highest BCUT2D eigenvalue weighted by atomic mass is 31.2. The summed E-state index contributed by atoms with van der Waals surface area (Å²) in [6, 6.07) is -1.52. The lowest BCUT2D eigenvalue weighted by Gasteiger charge is -2.20. The van der Waals surface area contributed by atoms with E-state index < -0.39 is 51.1 Å². The molecule has 64 heavy (non-hydrogen) atoms. The first kappa shape index (κ1) is 61.7. The van der Waals surface area contributed by atoms with Gasteiger partial charge in [-0.1, -0.05) is 217 Å². The highest BCUT2D eigenvalue weighted by Gasteiger charge is 2.28. The van der Waals surface area contributed by atoms with Crippen LogP contribution in [-0.2, 0) is 37.5 Å². The molecule has 0 fully saturated rings. The Balaban J connectivity index is 4.24. The fourth-order valence-electron chi connectivity index (χ4n) is 7.31. The summed E-state index contributed by atoms with van der Waals surface area (Å²) < 4.78 is 32.9. The van der Waals surface area contributed by atoms with Crippen molar-refractivity contribution in [1.82, 2.24) is 0 Å². The summed E-state index contributed by atoms with van der Waals surface area (Å²) in [6.45, 7) is 2.81. The molecule has 4 N–H and O–H groups in total. The molecule has 0 aromatic heterocycles. The van der Waals surface area contributed by atoms with E-state index in [2.05, 4.69) is 54.8 Å². The summed E-state index contributed by atoms with van der Waals surface area (Å²) in [5.41, 5.74) is 5.35. The Morgan fingerprint density at radius 2 is 0.828 bits per heavy atom. The molecule has 0 aliphatic heterocycles. The maximum absolute atomic E-state index is 12.7. The Labute approximate surface area is 391 Å². The van der Waals surface area contributed by atoms with Gasteiger partial charge < -0.3 is 25.2 Å². The standard InChI is InChI=1S/C52H96NO10P/c1-3-5-7-9-11-13-15-17-19-21-23-24-26-27-29-31-33-35-37-39-41-43-50(54)60-45-48(46-61-64(58,59)62-47-49(53)52(56)57)63-51(55)44-42-40-38-36-34-32-30-28-25-22-20-18-16-14-12-10-8-6-4-2/h12,14,18,20,25,28,48-49H,3-11,13,15-17,19,21-24,26-27,29-47,53H2,1-2H3,(H,56,57)(H,58,59)/b14-12-,20-18-,28-25-. The normalized spacial score (nSPS) is 13.8. The van der Waals surface area contributed by atoms with Crippen molar-refractivity contribution < 1.29 is 47.5 Å². The quantitative estimate of drug-likeness (QED) is 0.0229. The van der Waals surface area contributed by atoms with E-state index in [0.717, 1.165) is 70.6 Å². The molecule has 0 saturated heterocycles. The van der Waals surface area contributed by atoms with E-state index in [-0.39, 0.29) is 19.4 Å². The molecule has 0 rings (SSSR count). The van der Waals surface area contributed by atoms with Crippen LogP contribution >= 0.6 is 7.82 Å². The van der Waals surface area contributed by atoms with Gasteiger partial charge in [-0.3, -0.25) is 23.4 Å². The Hall–Kier alpha value is -2.30. The third kappa shape index (κ3) is 46.2. The minimum atomic E-state index is -4.72. The lowest BCUT2D eigenvalue weighted by Crippen LogP contribution is -2.34. The smallest absolute Gasteiger partial charge is 0.472 e. The number of hydrogen-bond acceptors (Lipinski definition) is 9. The second-order valence-corrected chi connectivity index (χ2v) is 19.1. The Morgan fingerprint density at radius 1 is 0.484 bits per heavy atom. The number of nitrogens with two attached hydrogens (primary N) is 1. The SMILES string of the molecule is CCCCC/C=C\C/C=C\C/C=C\CCCCCCCCC(=O)OC(COC(=O)CCCCCCCCCCCCCCCCCCCCCCC)COP(=O)(O)OCC(N)C(=O)O. The van der Waals surface area contributed by atoms with Crippen molar-refractivity contribution in [3.8, 4) is 0 Å². The number of ether oxygens (including phenoxy) is 2. The molecule has 0 aromatic carbocycles. The van der Waals surface area contributed by atoms with Crippen LogP contribution in [0.25, 0.3) is 0 Å². The lowest BCUT2D eigenvalue weighted by atomic mass is 10.0. The molecule has 0 bridgehead atoms. The zero-order chi connectivity index (χ0) is 47.0. The molecule has 3 atom stereocenters. The summed E-state index contributed by atoms with van der Waals surface area (Å²) in [5, 5.41) is 8.92. The summed E-state index contributed by atoms with van der Waals surface area (Å²) in [6.07, 6.45) is 53.5. The Kier molecular flexibility index (Phi) is 45.5. The summed E-state index contributed by atoms with van der Waals surface area (Å²) in [4.78, 5) is 46.2. The van der Waals surface area contributed by atoms with E-state index in [0.29, 0.717) is 12.8 Å². The van der Waals surface area contributed by atoms with Crippen molar-refractivity contribution in [2.75, 3.05) is 19.8 Å². The average molecular weight is 926 g/mol. The molecule has 374 valence electrons. The minimum absolute atomic E-state index is 0.148. The van der Waals surface area contributed by atoms with Crippen LogP contribution in [0.15, 0.2) is 36.5 Å². The fourth-order valence-corrected chi connectivity index (χ4v) is 8.09. The fraction of sp³-hybridized carbons (Fsp3) is 0.827. The van der Waals surface area contributed by atoms with Gasteiger partial charge in [-0.05, 0) is 51.4 Å². The first-order valence-corrected chi connectivity index (χ1v) is 27.5. The zero-order valence-electron chi connectivity index (χ0n) is 40.9. The summed E-state index contributed by atoms with van der Waals surface area (Å²) >= 11 is 0. The van der Waals surface area contributed by atoms with Crippen molar-refractivity contribution in [3.63, 3.8) is 0 Å². The second kappa shape index (κ2) is 47.2. The molecule has 0 aliphatic carbocycles. The number of allylic oxidation sites excluding steroid dienone is 6. The molecule has 0 radical (unpaired) electrons. The van der Waals surface area contributed by atoms with Crippen molar-refractivity contribution in [2.45, 2.75) is 257 Å². The van der Waals surface area contributed by atoms with E-state index in [4.69, 9.17) is 24.8 Å². The molecule has 0 saturated carbocycles. The zero-order valence-corrected chi connectivity index (χ0v) is 41.8. The second-order valence-electron chi connectivity index (χ2n) is 17.7. The van der Waals surface area contributed by atoms with E-state index in [9.17, 15) is 23.8 Å². The number of esters is 2. The molecule has 11 nitrogen and oxygen atoms in total. The molecular formula is C52H96NO10P. The van der Waals surface area contributed by atoms with Crippen molar-refractivity contribution in [3.05, 3.63) is 36.5 Å². The van der Waals surface area contributed by atoms with Gasteiger partial charge in [-0.25, -0.2) is 4.57 Å².